The highest BCUT2D eigenvalue weighted by atomic mass is 35.5. The predicted octanol–water partition coefficient (Wildman–Crippen LogP) is 2.39. The Labute approximate surface area is 117 Å². The van der Waals surface area contributed by atoms with Crippen LogP contribution in [0.3, 0.4) is 0 Å². The molecule has 4 nitrogen and oxygen atoms in total. The second kappa shape index (κ2) is 5.63. The minimum Gasteiger partial charge on any atom is -0.326 e. The van der Waals surface area contributed by atoms with E-state index in [9.17, 15) is 4.79 Å². The van der Waals surface area contributed by atoms with Crippen molar-refractivity contribution in [1.82, 2.24) is 9.13 Å². The lowest BCUT2D eigenvalue weighted by Crippen LogP contribution is -2.25. The van der Waals surface area contributed by atoms with E-state index < -0.39 is 0 Å². The maximum atomic E-state index is 12.1. The van der Waals surface area contributed by atoms with Gasteiger partial charge in [-0.15, -0.1) is 0 Å². The summed E-state index contributed by atoms with van der Waals surface area (Å²) in [5.41, 5.74) is 7.45. The van der Waals surface area contributed by atoms with Crippen LogP contribution in [0.4, 0.5) is 0 Å². The quantitative estimate of drug-likeness (QED) is 0.934. The fourth-order valence-corrected chi connectivity index (χ4v) is 2.23. The summed E-state index contributed by atoms with van der Waals surface area (Å²) in [7, 11) is 0. The smallest absolute Gasteiger partial charge is 0.326 e. The second-order valence-corrected chi connectivity index (χ2v) is 5.25. The van der Waals surface area contributed by atoms with Gasteiger partial charge in [0.05, 0.1) is 6.54 Å². The van der Waals surface area contributed by atoms with Gasteiger partial charge in [0.2, 0.25) is 0 Å². The van der Waals surface area contributed by atoms with Gasteiger partial charge in [-0.1, -0.05) is 23.7 Å². The van der Waals surface area contributed by atoms with Gasteiger partial charge in [-0.05, 0) is 31.0 Å². The van der Waals surface area contributed by atoms with Crippen LogP contribution < -0.4 is 11.4 Å². The largest absolute Gasteiger partial charge is 0.328 e. The molecule has 1 aromatic heterocycles. The van der Waals surface area contributed by atoms with Crippen molar-refractivity contribution in [3.63, 3.8) is 0 Å². The third-order valence-electron chi connectivity index (χ3n) is 3.12. The van der Waals surface area contributed by atoms with Gasteiger partial charge >= 0.3 is 5.69 Å². The fourth-order valence-electron chi connectivity index (χ4n) is 1.97. The average Bonchev–Trinajstić information content (AvgIpc) is 2.73. The zero-order valence-corrected chi connectivity index (χ0v) is 11.9. The van der Waals surface area contributed by atoms with Gasteiger partial charge in [0.1, 0.15) is 0 Å². The van der Waals surface area contributed by atoms with E-state index in [0.29, 0.717) is 18.1 Å². The lowest BCUT2D eigenvalue weighted by Gasteiger charge is -2.07. The Balaban J connectivity index is 2.29. The van der Waals surface area contributed by atoms with Crippen LogP contribution in [-0.4, -0.2) is 9.13 Å². The maximum Gasteiger partial charge on any atom is 0.328 e. The molecule has 102 valence electrons. The van der Waals surface area contributed by atoms with E-state index in [4.69, 9.17) is 17.3 Å². The topological polar surface area (TPSA) is 52.9 Å². The number of hydrogen-bond acceptors (Lipinski definition) is 2. The summed E-state index contributed by atoms with van der Waals surface area (Å²) in [4.78, 5) is 12.1. The van der Waals surface area contributed by atoms with Crippen molar-refractivity contribution in [2.45, 2.75) is 33.0 Å². The van der Waals surface area contributed by atoms with Crippen LogP contribution in [0.25, 0.3) is 0 Å². The molecule has 0 aliphatic rings. The van der Waals surface area contributed by atoms with E-state index in [1.807, 2.05) is 32.0 Å². The van der Waals surface area contributed by atoms with Crippen LogP contribution in [0.5, 0.6) is 0 Å². The fraction of sp³-hybridized carbons (Fsp3) is 0.357. The molecule has 0 fully saturated rings. The number of benzene rings is 1. The molecule has 0 unspecified atom stereocenters. The van der Waals surface area contributed by atoms with Crippen molar-refractivity contribution in [1.29, 1.82) is 0 Å². The molecule has 0 aliphatic heterocycles. The molecule has 2 rings (SSSR count). The average molecular weight is 280 g/mol. The number of nitrogens with zero attached hydrogens (tertiary/aromatic N) is 2. The summed E-state index contributed by atoms with van der Waals surface area (Å²) in [6, 6.07) is 5.86. The summed E-state index contributed by atoms with van der Waals surface area (Å²) in [6.07, 6.45) is 3.59. The van der Waals surface area contributed by atoms with Crippen molar-refractivity contribution < 1.29 is 0 Å². The van der Waals surface area contributed by atoms with Crippen LogP contribution in [0.2, 0.25) is 5.02 Å². The van der Waals surface area contributed by atoms with Crippen LogP contribution in [0.15, 0.2) is 35.4 Å². The van der Waals surface area contributed by atoms with Crippen molar-refractivity contribution in [3.05, 3.63) is 57.2 Å². The molecule has 1 aromatic carbocycles. The van der Waals surface area contributed by atoms with Crippen LogP contribution in [-0.2, 0) is 13.1 Å². The number of hydrogen-bond donors (Lipinski definition) is 1. The first-order chi connectivity index (χ1) is 9.02. The minimum absolute atomic E-state index is 0.0195. The van der Waals surface area contributed by atoms with Gasteiger partial charge in [0.25, 0.3) is 0 Å². The Morgan fingerprint density at radius 2 is 2.05 bits per heavy atom. The molecular weight excluding hydrogens is 262 g/mol. The molecule has 0 aliphatic carbocycles. The van der Waals surface area contributed by atoms with Gasteiger partial charge < -0.3 is 5.73 Å². The standard InChI is InChI=1S/C14H18ClN3O/c1-10(2)18-6-5-17(14(18)19)9-12-4-3-11(8-16)7-13(12)15/h3-7,10H,8-9,16H2,1-2H3. The van der Waals surface area contributed by atoms with Crippen molar-refractivity contribution in [2.75, 3.05) is 0 Å². The van der Waals surface area contributed by atoms with E-state index in [2.05, 4.69) is 0 Å². The molecule has 0 spiro atoms. The maximum absolute atomic E-state index is 12.1. The van der Waals surface area contributed by atoms with E-state index in [0.717, 1.165) is 11.1 Å². The SMILES string of the molecule is CC(C)n1ccn(Cc2ccc(CN)cc2Cl)c1=O. The van der Waals surface area contributed by atoms with Crippen molar-refractivity contribution in [3.8, 4) is 0 Å². The molecule has 0 saturated heterocycles. The molecule has 1 heterocycles. The number of rotatable bonds is 4. The zero-order valence-electron chi connectivity index (χ0n) is 11.1. The molecule has 0 amide bonds. The zero-order chi connectivity index (χ0) is 14.0. The molecule has 19 heavy (non-hydrogen) atoms. The lowest BCUT2D eigenvalue weighted by molar-refractivity contribution is 0.561. The molecule has 0 radical (unpaired) electrons. The van der Waals surface area contributed by atoms with E-state index >= 15 is 0 Å². The van der Waals surface area contributed by atoms with Gasteiger partial charge in [0.15, 0.2) is 0 Å². The highest BCUT2D eigenvalue weighted by Crippen LogP contribution is 2.18. The molecule has 2 aromatic rings. The molecule has 5 heteroatoms. The van der Waals surface area contributed by atoms with Gasteiger partial charge in [-0.3, -0.25) is 9.13 Å². The highest BCUT2D eigenvalue weighted by molar-refractivity contribution is 6.31. The van der Waals surface area contributed by atoms with Gasteiger partial charge in [-0.25, -0.2) is 4.79 Å². The number of imidazole rings is 1. The Bertz CT molecular complexity index is 628. The summed E-state index contributed by atoms with van der Waals surface area (Å²) in [5, 5.41) is 0.646. The van der Waals surface area contributed by atoms with E-state index in [-0.39, 0.29) is 11.7 Å². The minimum atomic E-state index is -0.0195. The first-order valence-electron chi connectivity index (χ1n) is 6.27. The molecule has 0 bridgehead atoms. The molecule has 0 saturated carbocycles. The highest BCUT2D eigenvalue weighted by Gasteiger charge is 2.08. The van der Waals surface area contributed by atoms with Crippen LogP contribution in [0.1, 0.15) is 31.0 Å². The number of aromatic nitrogens is 2. The predicted molar refractivity (Wildman–Crippen MR) is 77.5 cm³/mol. The molecule has 2 N–H and O–H groups in total. The van der Waals surface area contributed by atoms with E-state index in [1.165, 1.54) is 0 Å². The number of nitrogens with two attached hydrogens (primary N) is 1. The summed E-state index contributed by atoms with van der Waals surface area (Å²) in [5.74, 6) is 0. The van der Waals surface area contributed by atoms with Crippen LogP contribution >= 0.6 is 11.6 Å². The monoisotopic (exact) mass is 279 g/mol. The van der Waals surface area contributed by atoms with Crippen molar-refractivity contribution in [2.24, 2.45) is 5.73 Å². The molecular formula is C14H18ClN3O. The summed E-state index contributed by atoms with van der Waals surface area (Å²) < 4.78 is 3.35. The van der Waals surface area contributed by atoms with Crippen molar-refractivity contribution >= 4 is 11.6 Å². The molecule has 0 atom stereocenters. The third-order valence-corrected chi connectivity index (χ3v) is 3.48. The van der Waals surface area contributed by atoms with Gasteiger partial charge in [0, 0.05) is 30.0 Å². The van der Waals surface area contributed by atoms with Crippen LogP contribution in [0, 0.1) is 0 Å². The second-order valence-electron chi connectivity index (χ2n) is 4.84. The third kappa shape index (κ3) is 2.91. The Morgan fingerprint density at radius 3 is 2.58 bits per heavy atom. The first-order valence-corrected chi connectivity index (χ1v) is 6.65. The van der Waals surface area contributed by atoms with Gasteiger partial charge in [-0.2, -0.15) is 0 Å². The Kier molecular flexibility index (Phi) is 4.12. The summed E-state index contributed by atoms with van der Waals surface area (Å²) in [6.45, 7) is 4.90. The summed E-state index contributed by atoms with van der Waals surface area (Å²) >= 11 is 6.20. The lowest BCUT2D eigenvalue weighted by atomic mass is 10.1. The number of halogens is 1. The van der Waals surface area contributed by atoms with E-state index in [1.54, 1.807) is 21.5 Å². The Hall–Kier alpha value is -1.52. The normalized spacial score (nSPS) is 11.2. The Morgan fingerprint density at radius 1 is 1.32 bits per heavy atom. The first kappa shape index (κ1) is 13.9.